The van der Waals surface area contributed by atoms with Crippen LogP contribution in [0, 0.1) is 0 Å². The number of hydrogen-bond acceptors (Lipinski definition) is 0. The minimum Gasteiger partial charge on any atom is -0.0810 e. The highest BCUT2D eigenvalue weighted by atomic mass is 28.4. The standard InChI is InChI=1S/C28H30Si2/c1-29(2,25-17-7-5-8-18-25)28(30(3,4)26-19-9-6-10-20-26)22-24-16-13-15-23-14-11-12-21-27(23)24/h5-22H,1-4H3. The molecule has 0 saturated heterocycles. The maximum absolute atomic E-state index is 2.56. The smallest absolute Gasteiger partial charge is 0.0810 e. The van der Waals surface area contributed by atoms with Gasteiger partial charge in [0.25, 0.3) is 0 Å². The summed E-state index contributed by atoms with van der Waals surface area (Å²) in [7, 11) is -3.75. The molecular formula is C28H30Si2. The van der Waals surface area contributed by atoms with Gasteiger partial charge in [0.2, 0.25) is 0 Å². The first-order valence-electron chi connectivity index (χ1n) is 10.7. The summed E-state index contributed by atoms with van der Waals surface area (Å²) in [6.07, 6.45) is 2.56. The first-order chi connectivity index (χ1) is 14.4. The zero-order chi connectivity index (χ0) is 21.2. The van der Waals surface area contributed by atoms with Crippen LogP contribution in [0.1, 0.15) is 5.56 Å². The molecule has 0 atom stereocenters. The van der Waals surface area contributed by atoms with Crippen LogP contribution in [0.15, 0.2) is 108 Å². The molecular weight excluding hydrogens is 392 g/mol. The van der Waals surface area contributed by atoms with Crippen molar-refractivity contribution in [2.24, 2.45) is 0 Å². The molecule has 150 valence electrons. The molecule has 0 bridgehead atoms. The van der Waals surface area contributed by atoms with E-state index in [-0.39, 0.29) is 0 Å². The molecule has 0 unspecified atom stereocenters. The van der Waals surface area contributed by atoms with Crippen LogP contribution in [-0.4, -0.2) is 16.1 Å². The molecule has 2 heteroatoms. The van der Waals surface area contributed by atoms with Gasteiger partial charge in [0.1, 0.15) is 16.1 Å². The van der Waals surface area contributed by atoms with Crippen molar-refractivity contribution >= 4 is 43.4 Å². The summed E-state index contributed by atoms with van der Waals surface area (Å²) < 4.78 is 0. The second-order valence-corrected chi connectivity index (χ2v) is 18.3. The molecule has 0 N–H and O–H groups in total. The van der Waals surface area contributed by atoms with Crippen molar-refractivity contribution in [1.29, 1.82) is 0 Å². The van der Waals surface area contributed by atoms with E-state index >= 15 is 0 Å². The molecule has 0 aliphatic rings. The lowest BCUT2D eigenvalue weighted by atomic mass is 10.1. The highest BCUT2D eigenvalue weighted by Crippen LogP contribution is 2.30. The van der Waals surface area contributed by atoms with Crippen LogP contribution in [0.5, 0.6) is 0 Å². The first-order valence-corrected chi connectivity index (χ1v) is 16.7. The van der Waals surface area contributed by atoms with E-state index in [1.54, 1.807) is 4.82 Å². The molecule has 30 heavy (non-hydrogen) atoms. The molecule has 0 aliphatic heterocycles. The van der Waals surface area contributed by atoms with E-state index in [0.29, 0.717) is 0 Å². The maximum Gasteiger partial charge on any atom is 0.104 e. The Bertz CT molecular complexity index is 1110. The average Bonchev–Trinajstić information content (AvgIpc) is 2.78. The van der Waals surface area contributed by atoms with Gasteiger partial charge in [-0.3, -0.25) is 0 Å². The Morgan fingerprint density at radius 3 is 1.57 bits per heavy atom. The summed E-state index contributed by atoms with van der Waals surface area (Å²) >= 11 is 0. The first kappa shape index (κ1) is 20.6. The molecule has 0 saturated carbocycles. The minimum absolute atomic E-state index is 1.31. The van der Waals surface area contributed by atoms with Crippen LogP contribution in [0.4, 0.5) is 0 Å². The highest BCUT2D eigenvalue weighted by Gasteiger charge is 2.40. The fourth-order valence-electron chi connectivity index (χ4n) is 4.69. The molecule has 0 spiro atoms. The van der Waals surface area contributed by atoms with Crippen LogP contribution in [0.2, 0.25) is 26.2 Å². The molecule has 4 rings (SSSR count). The Morgan fingerprint density at radius 2 is 1.00 bits per heavy atom. The average molecular weight is 423 g/mol. The van der Waals surface area contributed by atoms with E-state index in [1.165, 1.54) is 26.7 Å². The number of hydrogen-bond donors (Lipinski definition) is 0. The van der Waals surface area contributed by atoms with Gasteiger partial charge < -0.3 is 0 Å². The number of benzene rings is 4. The third kappa shape index (κ3) is 3.85. The Kier molecular flexibility index (Phi) is 5.63. The molecule has 0 amide bonds. The molecule has 4 aromatic carbocycles. The van der Waals surface area contributed by atoms with Gasteiger partial charge in [-0.25, -0.2) is 0 Å². The summed E-state index contributed by atoms with van der Waals surface area (Å²) in [6.45, 7) is 10.1. The SMILES string of the molecule is C[Si](C)(C(=Cc1cccc2ccccc12)[Si](C)(C)c1ccccc1)c1ccccc1. The largest absolute Gasteiger partial charge is 0.104 e. The van der Waals surface area contributed by atoms with Crippen molar-refractivity contribution in [3.8, 4) is 0 Å². The van der Waals surface area contributed by atoms with Crippen molar-refractivity contribution in [2.45, 2.75) is 26.2 Å². The molecule has 0 fully saturated rings. The zero-order valence-electron chi connectivity index (χ0n) is 18.4. The fraction of sp³-hybridized carbons (Fsp3) is 0.143. The summed E-state index contributed by atoms with van der Waals surface area (Å²) in [5, 5.41) is 5.66. The predicted molar refractivity (Wildman–Crippen MR) is 139 cm³/mol. The fourth-order valence-corrected chi connectivity index (χ4v) is 15.5. The van der Waals surface area contributed by atoms with Gasteiger partial charge in [0, 0.05) is 0 Å². The minimum atomic E-state index is -1.87. The third-order valence-electron chi connectivity index (χ3n) is 6.46. The van der Waals surface area contributed by atoms with Crippen molar-refractivity contribution in [3.05, 3.63) is 114 Å². The monoisotopic (exact) mass is 422 g/mol. The van der Waals surface area contributed by atoms with E-state index < -0.39 is 16.1 Å². The topological polar surface area (TPSA) is 0 Å². The zero-order valence-corrected chi connectivity index (χ0v) is 20.4. The summed E-state index contributed by atoms with van der Waals surface area (Å²) in [5.74, 6) is 0. The molecule has 0 aliphatic carbocycles. The lowest BCUT2D eigenvalue weighted by Gasteiger charge is -2.37. The van der Waals surface area contributed by atoms with Gasteiger partial charge >= 0.3 is 0 Å². The number of fused-ring (bicyclic) bond motifs is 1. The Balaban J connectivity index is 1.98. The van der Waals surface area contributed by atoms with Crippen LogP contribution in [0.25, 0.3) is 16.8 Å². The van der Waals surface area contributed by atoms with E-state index in [1.807, 2.05) is 0 Å². The summed E-state index contributed by atoms with van der Waals surface area (Å²) in [5.41, 5.74) is 1.34. The van der Waals surface area contributed by atoms with Gasteiger partial charge in [-0.1, -0.05) is 151 Å². The van der Waals surface area contributed by atoms with Gasteiger partial charge in [0.15, 0.2) is 0 Å². The quantitative estimate of drug-likeness (QED) is 0.321. The van der Waals surface area contributed by atoms with E-state index in [4.69, 9.17) is 0 Å². The Labute approximate surface area is 182 Å². The lowest BCUT2D eigenvalue weighted by molar-refractivity contribution is 1.64. The maximum atomic E-state index is 2.56. The second kappa shape index (κ2) is 8.21. The Hall–Kier alpha value is -2.69. The number of rotatable bonds is 5. The van der Waals surface area contributed by atoms with Crippen LogP contribution in [0.3, 0.4) is 0 Å². The van der Waals surface area contributed by atoms with Crippen molar-refractivity contribution in [1.82, 2.24) is 0 Å². The highest BCUT2D eigenvalue weighted by molar-refractivity contribution is 7.15. The van der Waals surface area contributed by atoms with Gasteiger partial charge in [-0.15, -0.1) is 0 Å². The van der Waals surface area contributed by atoms with E-state index in [2.05, 4.69) is 135 Å². The lowest BCUT2D eigenvalue weighted by Crippen LogP contribution is -2.57. The normalized spacial score (nSPS) is 12.0. The van der Waals surface area contributed by atoms with Crippen LogP contribution < -0.4 is 10.4 Å². The van der Waals surface area contributed by atoms with E-state index in [0.717, 1.165) is 0 Å². The summed E-state index contributed by atoms with van der Waals surface area (Å²) in [6, 6.07) is 37.8. The van der Waals surface area contributed by atoms with Crippen molar-refractivity contribution in [3.63, 3.8) is 0 Å². The van der Waals surface area contributed by atoms with Gasteiger partial charge in [-0.05, 0) is 16.3 Å². The molecule has 4 aromatic rings. The van der Waals surface area contributed by atoms with Crippen LogP contribution in [-0.2, 0) is 0 Å². The predicted octanol–water partition coefficient (Wildman–Crippen LogP) is 6.53. The van der Waals surface area contributed by atoms with Crippen molar-refractivity contribution < 1.29 is 0 Å². The second-order valence-electron chi connectivity index (χ2n) is 9.11. The van der Waals surface area contributed by atoms with Crippen molar-refractivity contribution in [2.75, 3.05) is 0 Å². The summed E-state index contributed by atoms with van der Waals surface area (Å²) in [4.78, 5) is 1.68. The molecule has 0 radical (unpaired) electrons. The molecule has 0 heterocycles. The van der Waals surface area contributed by atoms with Crippen LogP contribution >= 0.6 is 0 Å². The van der Waals surface area contributed by atoms with Gasteiger partial charge in [-0.2, -0.15) is 0 Å². The van der Waals surface area contributed by atoms with E-state index in [9.17, 15) is 0 Å². The Morgan fingerprint density at radius 1 is 0.533 bits per heavy atom. The third-order valence-corrected chi connectivity index (χ3v) is 16.7. The van der Waals surface area contributed by atoms with Gasteiger partial charge in [0.05, 0.1) is 0 Å². The molecule has 0 aromatic heterocycles. The molecule has 0 nitrogen and oxygen atoms in total.